The van der Waals surface area contributed by atoms with Crippen molar-refractivity contribution in [1.29, 1.82) is 0 Å². The van der Waals surface area contributed by atoms with Crippen molar-refractivity contribution < 1.29 is 23.7 Å². The summed E-state index contributed by atoms with van der Waals surface area (Å²) in [5.41, 5.74) is 2.72. The van der Waals surface area contributed by atoms with Crippen molar-refractivity contribution in [2.45, 2.75) is 51.9 Å². The quantitative estimate of drug-likeness (QED) is 0.368. The molecule has 1 aromatic heterocycles. The zero-order valence-electron chi connectivity index (χ0n) is 21.1. The fourth-order valence-electron chi connectivity index (χ4n) is 4.49. The average Bonchev–Trinajstić information content (AvgIpc) is 3.52. The highest BCUT2D eigenvalue weighted by atomic mass is 19.1. The molecule has 8 heteroatoms. The van der Waals surface area contributed by atoms with Crippen LogP contribution in [0.2, 0.25) is 0 Å². The van der Waals surface area contributed by atoms with Gasteiger partial charge in [-0.25, -0.2) is 9.07 Å². The predicted molar refractivity (Wildman–Crippen MR) is 136 cm³/mol. The highest BCUT2D eigenvalue weighted by molar-refractivity contribution is 5.43. The SMILES string of the molecule is CCOC[C@H](O)CN(Cc1c(CC)nn(-c2ccccc2)c1Oc1ccc(F)cc1)C[C@@H]1CCCO1. The number of para-hydroxylation sites is 1. The number of nitrogens with zero attached hydrogens (tertiary/aromatic N) is 3. The van der Waals surface area contributed by atoms with Gasteiger partial charge in [-0.3, -0.25) is 4.90 Å². The summed E-state index contributed by atoms with van der Waals surface area (Å²) < 4.78 is 33.1. The third-order valence-electron chi connectivity index (χ3n) is 6.23. The Bertz CT molecular complexity index is 1070. The van der Waals surface area contributed by atoms with Gasteiger partial charge in [-0.2, -0.15) is 5.10 Å². The summed E-state index contributed by atoms with van der Waals surface area (Å²) in [6.45, 7) is 7.25. The van der Waals surface area contributed by atoms with Crippen molar-refractivity contribution in [3.8, 4) is 17.3 Å². The van der Waals surface area contributed by atoms with Crippen LogP contribution >= 0.6 is 0 Å². The Labute approximate surface area is 212 Å². The summed E-state index contributed by atoms with van der Waals surface area (Å²) in [5, 5.41) is 15.5. The van der Waals surface area contributed by atoms with E-state index < -0.39 is 6.10 Å². The van der Waals surface area contributed by atoms with E-state index in [1.165, 1.54) is 12.1 Å². The first-order valence-corrected chi connectivity index (χ1v) is 12.8. The van der Waals surface area contributed by atoms with Crippen LogP contribution in [0.15, 0.2) is 54.6 Å². The molecular formula is C28H36FN3O4. The van der Waals surface area contributed by atoms with Gasteiger partial charge >= 0.3 is 0 Å². The maximum absolute atomic E-state index is 13.6. The van der Waals surface area contributed by atoms with Crippen molar-refractivity contribution in [2.24, 2.45) is 0 Å². The smallest absolute Gasteiger partial charge is 0.227 e. The highest BCUT2D eigenvalue weighted by Gasteiger charge is 2.26. The van der Waals surface area contributed by atoms with Crippen LogP contribution in [-0.4, -0.2) is 64.9 Å². The number of benzene rings is 2. The molecule has 2 aromatic carbocycles. The van der Waals surface area contributed by atoms with Crippen LogP contribution in [0, 0.1) is 5.82 Å². The highest BCUT2D eigenvalue weighted by Crippen LogP contribution is 2.32. The molecule has 194 valence electrons. The third kappa shape index (κ3) is 6.91. The molecule has 4 rings (SSSR count). The van der Waals surface area contributed by atoms with Crippen LogP contribution in [0.25, 0.3) is 5.69 Å². The molecule has 0 amide bonds. The Hall–Kier alpha value is -2.78. The fraction of sp³-hybridized carbons (Fsp3) is 0.464. The van der Waals surface area contributed by atoms with Crippen LogP contribution < -0.4 is 4.74 Å². The normalized spacial score (nSPS) is 16.5. The first-order chi connectivity index (χ1) is 17.6. The topological polar surface area (TPSA) is 69.0 Å². The molecule has 2 atom stereocenters. The Morgan fingerprint density at radius 3 is 2.61 bits per heavy atom. The van der Waals surface area contributed by atoms with Crippen LogP contribution in [0.5, 0.6) is 11.6 Å². The van der Waals surface area contributed by atoms with Gasteiger partial charge < -0.3 is 19.3 Å². The van der Waals surface area contributed by atoms with E-state index in [1.54, 1.807) is 16.8 Å². The third-order valence-corrected chi connectivity index (χ3v) is 6.23. The van der Waals surface area contributed by atoms with E-state index in [4.69, 9.17) is 19.3 Å². The number of aromatic nitrogens is 2. The first-order valence-electron chi connectivity index (χ1n) is 12.8. The number of halogens is 1. The minimum Gasteiger partial charge on any atom is -0.439 e. The molecule has 7 nitrogen and oxygen atoms in total. The van der Waals surface area contributed by atoms with Crippen molar-refractivity contribution in [3.63, 3.8) is 0 Å². The number of ether oxygens (including phenoxy) is 3. The minimum absolute atomic E-state index is 0.125. The average molecular weight is 498 g/mol. The molecule has 0 unspecified atom stereocenters. The molecule has 36 heavy (non-hydrogen) atoms. The molecule has 1 fully saturated rings. The Kier molecular flexibility index (Phi) is 9.47. The van der Waals surface area contributed by atoms with Crippen LogP contribution in [0.3, 0.4) is 0 Å². The lowest BCUT2D eigenvalue weighted by molar-refractivity contribution is 0.00496. The first kappa shape index (κ1) is 26.3. The lowest BCUT2D eigenvalue weighted by Gasteiger charge is -2.27. The Morgan fingerprint density at radius 1 is 1.17 bits per heavy atom. The summed E-state index contributed by atoms with van der Waals surface area (Å²) >= 11 is 0. The Balaban J connectivity index is 1.69. The van der Waals surface area contributed by atoms with Crippen molar-refractivity contribution in [1.82, 2.24) is 14.7 Å². The van der Waals surface area contributed by atoms with Crippen LogP contribution in [-0.2, 0) is 22.4 Å². The number of aliphatic hydroxyl groups is 1. The summed E-state index contributed by atoms with van der Waals surface area (Å²) in [6.07, 6.45) is 2.26. The molecule has 1 N–H and O–H groups in total. The van der Waals surface area contributed by atoms with Gasteiger partial charge in [0.2, 0.25) is 5.88 Å². The van der Waals surface area contributed by atoms with Gasteiger partial charge in [-0.05, 0) is 62.6 Å². The summed E-state index contributed by atoms with van der Waals surface area (Å²) in [4.78, 5) is 2.20. The number of rotatable bonds is 13. The van der Waals surface area contributed by atoms with Gasteiger partial charge in [0.15, 0.2) is 0 Å². The number of aliphatic hydroxyl groups excluding tert-OH is 1. The largest absolute Gasteiger partial charge is 0.439 e. The van der Waals surface area contributed by atoms with E-state index in [0.717, 1.165) is 36.4 Å². The van der Waals surface area contributed by atoms with Gasteiger partial charge in [0.25, 0.3) is 0 Å². The lowest BCUT2D eigenvalue weighted by Crippen LogP contribution is -2.39. The number of aryl methyl sites for hydroxylation is 1. The number of hydrogen-bond donors (Lipinski definition) is 1. The molecular weight excluding hydrogens is 461 g/mol. The molecule has 0 aliphatic carbocycles. The van der Waals surface area contributed by atoms with E-state index >= 15 is 0 Å². The lowest BCUT2D eigenvalue weighted by atomic mass is 10.1. The van der Waals surface area contributed by atoms with Crippen LogP contribution in [0.4, 0.5) is 4.39 Å². The molecule has 3 aromatic rings. The summed E-state index contributed by atoms with van der Waals surface area (Å²) in [6, 6.07) is 15.8. The van der Waals surface area contributed by atoms with Crippen molar-refractivity contribution in [2.75, 3.05) is 32.9 Å². The van der Waals surface area contributed by atoms with Crippen molar-refractivity contribution in [3.05, 3.63) is 71.7 Å². The van der Waals surface area contributed by atoms with Gasteiger partial charge in [-0.15, -0.1) is 0 Å². The summed E-state index contributed by atoms with van der Waals surface area (Å²) in [5.74, 6) is 0.792. The molecule has 0 bridgehead atoms. The van der Waals surface area contributed by atoms with Gasteiger partial charge in [-0.1, -0.05) is 25.1 Å². The molecule has 0 saturated carbocycles. The monoisotopic (exact) mass is 497 g/mol. The molecule has 1 aliphatic heterocycles. The molecule has 1 saturated heterocycles. The van der Waals surface area contributed by atoms with Gasteiger partial charge in [0.05, 0.1) is 35.8 Å². The van der Waals surface area contributed by atoms with E-state index in [2.05, 4.69) is 11.8 Å². The van der Waals surface area contributed by atoms with Crippen molar-refractivity contribution >= 4 is 0 Å². The molecule has 1 aliphatic rings. The fourth-order valence-corrected chi connectivity index (χ4v) is 4.49. The molecule has 0 radical (unpaired) electrons. The van der Waals surface area contributed by atoms with E-state index in [0.29, 0.717) is 44.3 Å². The Morgan fingerprint density at radius 2 is 1.94 bits per heavy atom. The maximum Gasteiger partial charge on any atom is 0.227 e. The summed E-state index contributed by atoms with van der Waals surface area (Å²) in [7, 11) is 0. The standard InChI is InChI=1S/C28H36FN3O4/c1-3-27-26(19-31(17-23(33)20-34-4-2)18-25-11-8-16-35-25)28(36-24-14-12-21(29)13-15-24)32(30-27)22-9-6-5-7-10-22/h5-7,9-10,12-15,23,25,33H,3-4,8,11,16-20H2,1-2H3/t23-,25+/m1/s1. The number of hydrogen-bond acceptors (Lipinski definition) is 6. The second kappa shape index (κ2) is 13.0. The molecule has 0 spiro atoms. The van der Waals surface area contributed by atoms with Crippen LogP contribution in [0.1, 0.15) is 37.9 Å². The minimum atomic E-state index is -0.623. The maximum atomic E-state index is 13.6. The zero-order chi connectivity index (χ0) is 25.3. The van der Waals surface area contributed by atoms with Gasteiger partial charge in [0.1, 0.15) is 11.6 Å². The molecule has 2 heterocycles. The zero-order valence-corrected chi connectivity index (χ0v) is 21.1. The van der Waals surface area contributed by atoms with E-state index in [-0.39, 0.29) is 18.5 Å². The van der Waals surface area contributed by atoms with Gasteiger partial charge in [0, 0.05) is 32.8 Å². The second-order valence-corrected chi connectivity index (χ2v) is 9.03. The second-order valence-electron chi connectivity index (χ2n) is 9.03. The van der Waals surface area contributed by atoms with E-state index in [1.807, 2.05) is 37.3 Å². The van der Waals surface area contributed by atoms with E-state index in [9.17, 15) is 9.50 Å². The predicted octanol–water partition coefficient (Wildman–Crippen LogP) is 4.74.